The fourth-order valence-corrected chi connectivity index (χ4v) is 1.88. The third-order valence-electron chi connectivity index (χ3n) is 2.04. The molecule has 0 atom stereocenters. The van der Waals surface area contributed by atoms with E-state index in [2.05, 4.69) is 5.32 Å². The van der Waals surface area contributed by atoms with Crippen LogP contribution in [0.5, 0.6) is 0 Å². The van der Waals surface area contributed by atoms with Crippen molar-refractivity contribution in [2.24, 2.45) is 0 Å². The Morgan fingerprint density at radius 1 is 1.57 bits per heavy atom. The highest BCUT2D eigenvalue weighted by Gasteiger charge is 2.14. The molecule has 0 unspecified atom stereocenters. The van der Waals surface area contributed by atoms with Gasteiger partial charge < -0.3 is 5.32 Å². The van der Waals surface area contributed by atoms with Crippen LogP contribution in [-0.2, 0) is 11.3 Å². The molecule has 2 nitrogen and oxygen atoms in total. The smallest absolute Gasteiger partial charge is 0.315 e. The molecule has 0 aliphatic carbocycles. The predicted octanol–water partition coefficient (Wildman–Crippen LogP) is 2.25. The number of amides is 1. The van der Waals surface area contributed by atoms with Crippen LogP contribution in [0, 0.1) is 13.8 Å². The van der Waals surface area contributed by atoms with Crippen molar-refractivity contribution in [2.75, 3.05) is 0 Å². The van der Waals surface area contributed by atoms with Crippen LogP contribution >= 0.6 is 11.3 Å². The average molecular weight is 219 g/mol. The number of halogens is 2. The Hall–Kier alpha value is -0.970. The summed E-state index contributed by atoms with van der Waals surface area (Å²) in [5.41, 5.74) is 1.96. The van der Waals surface area contributed by atoms with E-state index < -0.39 is 12.3 Å². The Kier molecular flexibility index (Phi) is 3.57. The first kappa shape index (κ1) is 11.1. The number of carbonyl (C=O) groups excluding carboxylic acids is 1. The van der Waals surface area contributed by atoms with Crippen LogP contribution in [0.1, 0.15) is 16.0 Å². The van der Waals surface area contributed by atoms with Gasteiger partial charge in [0.25, 0.3) is 5.91 Å². The molecule has 1 heterocycles. The molecule has 0 aromatic carbocycles. The van der Waals surface area contributed by atoms with Crippen LogP contribution in [0.25, 0.3) is 0 Å². The fourth-order valence-electron chi connectivity index (χ4n) is 0.996. The van der Waals surface area contributed by atoms with Gasteiger partial charge in [-0.05, 0) is 30.4 Å². The third kappa shape index (κ3) is 2.51. The lowest BCUT2D eigenvalue weighted by atomic mass is 10.2. The lowest BCUT2D eigenvalue weighted by Crippen LogP contribution is -2.28. The summed E-state index contributed by atoms with van der Waals surface area (Å²) in [6.45, 7) is 4.05. The summed E-state index contributed by atoms with van der Waals surface area (Å²) in [5.74, 6) is -1.21. The molecule has 1 rings (SSSR count). The molecule has 5 heteroatoms. The second-order valence-corrected chi connectivity index (χ2v) is 4.04. The van der Waals surface area contributed by atoms with Gasteiger partial charge in [-0.15, -0.1) is 11.3 Å². The Morgan fingerprint density at radius 3 is 2.64 bits per heavy atom. The summed E-state index contributed by atoms with van der Waals surface area (Å²) in [4.78, 5) is 11.7. The van der Waals surface area contributed by atoms with Crippen molar-refractivity contribution in [3.8, 4) is 0 Å². The summed E-state index contributed by atoms with van der Waals surface area (Å²) in [5, 5.41) is 4.04. The standard InChI is InChI=1S/C9H11F2NOS/c1-5-6(2)14-4-7(5)3-12-9(13)8(10)11/h4,8H,3H2,1-2H3,(H,12,13). The first-order chi connectivity index (χ1) is 6.52. The lowest BCUT2D eigenvalue weighted by molar-refractivity contribution is -0.131. The third-order valence-corrected chi connectivity index (χ3v) is 3.10. The van der Waals surface area contributed by atoms with Crippen molar-refractivity contribution in [3.63, 3.8) is 0 Å². The van der Waals surface area contributed by atoms with E-state index in [1.165, 1.54) is 0 Å². The van der Waals surface area contributed by atoms with Gasteiger partial charge in [-0.1, -0.05) is 0 Å². The molecule has 0 saturated heterocycles. The second kappa shape index (κ2) is 4.50. The van der Waals surface area contributed by atoms with E-state index in [1.54, 1.807) is 11.3 Å². The van der Waals surface area contributed by atoms with Crippen LogP contribution in [-0.4, -0.2) is 12.3 Å². The van der Waals surface area contributed by atoms with Crippen molar-refractivity contribution < 1.29 is 13.6 Å². The molecule has 1 N–H and O–H groups in total. The van der Waals surface area contributed by atoms with Gasteiger partial charge in [0, 0.05) is 11.4 Å². The number of alkyl halides is 2. The van der Waals surface area contributed by atoms with E-state index in [0.29, 0.717) is 0 Å². The summed E-state index contributed by atoms with van der Waals surface area (Å²) in [7, 11) is 0. The number of thiophene rings is 1. The number of nitrogens with one attached hydrogen (secondary N) is 1. The number of hydrogen-bond donors (Lipinski definition) is 1. The highest BCUT2D eigenvalue weighted by Crippen LogP contribution is 2.20. The highest BCUT2D eigenvalue weighted by atomic mass is 32.1. The van der Waals surface area contributed by atoms with Gasteiger partial charge in [-0.25, -0.2) is 0 Å². The molecule has 0 fully saturated rings. The van der Waals surface area contributed by atoms with Crippen LogP contribution in [0.15, 0.2) is 5.38 Å². The molecule has 78 valence electrons. The zero-order chi connectivity index (χ0) is 10.7. The maximum absolute atomic E-state index is 11.8. The monoisotopic (exact) mass is 219 g/mol. The summed E-state index contributed by atoms with van der Waals surface area (Å²) in [6, 6.07) is 0. The summed E-state index contributed by atoms with van der Waals surface area (Å²) in [6.07, 6.45) is -2.94. The van der Waals surface area contributed by atoms with Crippen LogP contribution in [0.3, 0.4) is 0 Å². The van der Waals surface area contributed by atoms with Crippen molar-refractivity contribution in [3.05, 3.63) is 21.4 Å². The Labute approximate surface area is 84.9 Å². The van der Waals surface area contributed by atoms with Crippen LogP contribution in [0.4, 0.5) is 8.78 Å². The van der Waals surface area contributed by atoms with E-state index in [0.717, 1.165) is 16.0 Å². The quantitative estimate of drug-likeness (QED) is 0.830. The predicted molar refractivity (Wildman–Crippen MR) is 51.6 cm³/mol. The zero-order valence-corrected chi connectivity index (χ0v) is 8.75. The maximum atomic E-state index is 11.8. The Morgan fingerprint density at radius 2 is 2.21 bits per heavy atom. The van der Waals surface area contributed by atoms with Gasteiger partial charge in [0.15, 0.2) is 0 Å². The normalized spacial score (nSPS) is 10.6. The van der Waals surface area contributed by atoms with Gasteiger partial charge in [-0.3, -0.25) is 4.79 Å². The first-order valence-electron chi connectivity index (χ1n) is 4.11. The van der Waals surface area contributed by atoms with E-state index in [-0.39, 0.29) is 6.54 Å². The van der Waals surface area contributed by atoms with Crippen LogP contribution in [0.2, 0.25) is 0 Å². The van der Waals surface area contributed by atoms with Gasteiger partial charge in [-0.2, -0.15) is 8.78 Å². The van der Waals surface area contributed by atoms with E-state index in [4.69, 9.17) is 0 Å². The van der Waals surface area contributed by atoms with Crippen molar-refractivity contribution >= 4 is 17.2 Å². The molecule has 0 aliphatic heterocycles. The molecular weight excluding hydrogens is 208 g/mol. The molecule has 0 radical (unpaired) electrons. The first-order valence-corrected chi connectivity index (χ1v) is 4.99. The summed E-state index contributed by atoms with van der Waals surface area (Å²) >= 11 is 1.55. The number of hydrogen-bond acceptors (Lipinski definition) is 2. The maximum Gasteiger partial charge on any atom is 0.315 e. The van der Waals surface area contributed by atoms with Gasteiger partial charge >= 0.3 is 6.43 Å². The lowest BCUT2D eigenvalue weighted by Gasteiger charge is -2.03. The Bertz CT molecular complexity index is 336. The van der Waals surface area contributed by atoms with E-state index in [1.807, 2.05) is 19.2 Å². The van der Waals surface area contributed by atoms with Crippen molar-refractivity contribution in [1.29, 1.82) is 0 Å². The van der Waals surface area contributed by atoms with Gasteiger partial charge in [0.2, 0.25) is 0 Å². The molecule has 0 aliphatic rings. The number of carbonyl (C=O) groups is 1. The topological polar surface area (TPSA) is 29.1 Å². The van der Waals surface area contributed by atoms with Crippen molar-refractivity contribution in [2.45, 2.75) is 26.8 Å². The molecule has 1 aromatic heterocycles. The SMILES string of the molecule is Cc1scc(CNC(=O)C(F)F)c1C. The molecule has 1 aromatic rings. The van der Waals surface area contributed by atoms with Crippen molar-refractivity contribution in [1.82, 2.24) is 5.32 Å². The van der Waals surface area contributed by atoms with Gasteiger partial charge in [0.05, 0.1) is 0 Å². The fraction of sp³-hybridized carbons (Fsp3) is 0.444. The van der Waals surface area contributed by atoms with Crippen LogP contribution < -0.4 is 5.32 Å². The highest BCUT2D eigenvalue weighted by molar-refractivity contribution is 7.10. The molecule has 1 amide bonds. The number of aryl methyl sites for hydroxylation is 1. The molecule has 0 bridgehead atoms. The summed E-state index contributed by atoms with van der Waals surface area (Å²) < 4.78 is 23.7. The molecule has 0 spiro atoms. The minimum Gasteiger partial charge on any atom is -0.347 e. The van der Waals surface area contributed by atoms with E-state index in [9.17, 15) is 13.6 Å². The molecule has 0 saturated carbocycles. The number of rotatable bonds is 3. The molecular formula is C9H11F2NOS. The minimum absolute atomic E-state index is 0.180. The Balaban J connectivity index is 2.54. The largest absolute Gasteiger partial charge is 0.347 e. The van der Waals surface area contributed by atoms with Gasteiger partial charge in [0.1, 0.15) is 0 Å². The van der Waals surface area contributed by atoms with E-state index >= 15 is 0 Å². The average Bonchev–Trinajstić information content (AvgIpc) is 2.44. The second-order valence-electron chi connectivity index (χ2n) is 2.96. The molecule has 14 heavy (non-hydrogen) atoms. The minimum atomic E-state index is -2.94. The zero-order valence-electron chi connectivity index (χ0n) is 7.93.